The van der Waals surface area contributed by atoms with Gasteiger partial charge in [-0.3, -0.25) is 0 Å². The summed E-state index contributed by atoms with van der Waals surface area (Å²) in [6.07, 6.45) is 8.11. The van der Waals surface area contributed by atoms with Gasteiger partial charge >= 0.3 is 0 Å². The Balaban J connectivity index is 1.75. The quantitative estimate of drug-likeness (QED) is 0.700. The van der Waals surface area contributed by atoms with Gasteiger partial charge in [0.25, 0.3) is 0 Å². The van der Waals surface area contributed by atoms with Crippen LogP contribution in [0.2, 0.25) is 0 Å². The fraction of sp³-hybridized carbons (Fsp3) is 1.00. The highest BCUT2D eigenvalue weighted by molar-refractivity contribution is 5.11. The molecule has 0 saturated heterocycles. The van der Waals surface area contributed by atoms with E-state index in [9.17, 15) is 0 Å². The van der Waals surface area contributed by atoms with Gasteiger partial charge in [0.15, 0.2) is 0 Å². The second-order valence-electron chi connectivity index (χ2n) is 7.36. The molecule has 2 aliphatic carbocycles. The molecule has 3 atom stereocenters. The number of unbranched alkanes of at least 4 members (excludes halogenated alkanes) is 2. The maximum absolute atomic E-state index is 5.09. The Morgan fingerprint density at radius 1 is 1.17 bits per heavy atom. The van der Waals surface area contributed by atoms with E-state index in [1.807, 2.05) is 0 Å². The number of fused-ring (bicyclic) bond motifs is 2. The summed E-state index contributed by atoms with van der Waals surface area (Å²) in [4.78, 5) is 0. The largest absolute Gasteiger partial charge is 0.385 e. The van der Waals surface area contributed by atoms with E-state index >= 15 is 0 Å². The van der Waals surface area contributed by atoms with E-state index in [1.165, 1.54) is 45.1 Å². The fourth-order valence-electron chi connectivity index (χ4n) is 4.61. The van der Waals surface area contributed by atoms with E-state index in [4.69, 9.17) is 4.74 Å². The predicted molar refractivity (Wildman–Crippen MR) is 76.7 cm³/mol. The van der Waals surface area contributed by atoms with Gasteiger partial charge in [-0.05, 0) is 61.8 Å². The lowest BCUT2D eigenvalue weighted by molar-refractivity contribution is 0.109. The molecule has 106 valence electrons. The average Bonchev–Trinajstić information content (AvgIpc) is 2.78. The predicted octanol–water partition coefficient (Wildman–Crippen LogP) is 3.61. The highest BCUT2D eigenvalue weighted by Crippen LogP contribution is 2.62. The van der Waals surface area contributed by atoms with Crippen molar-refractivity contribution in [1.29, 1.82) is 0 Å². The topological polar surface area (TPSA) is 21.3 Å². The zero-order valence-electron chi connectivity index (χ0n) is 12.7. The second-order valence-corrected chi connectivity index (χ2v) is 7.36. The molecule has 0 aromatic carbocycles. The van der Waals surface area contributed by atoms with E-state index in [0.29, 0.717) is 10.8 Å². The van der Waals surface area contributed by atoms with Gasteiger partial charge < -0.3 is 10.1 Å². The number of nitrogens with one attached hydrogen (secondary N) is 1. The van der Waals surface area contributed by atoms with Gasteiger partial charge in [-0.25, -0.2) is 0 Å². The molecule has 2 heteroatoms. The minimum absolute atomic E-state index is 0.500. The monoisotopic (exact) mass is 253 g/mol. The van der Waals surface area contributed by atoms with E-state index in [1.54, 1.807) is 7.11 Å². The normalized spacial score (nSPS) is 37.3. The molecule has 1 N–H and O–H groups in total. The summed E-state index contributed by atoms with van der Waals surface area (Å²) in [5.74, 6) is 0.952. The molecule has 0 aliphatic heterocycles. The third-order valence-electron chi connectivity index (χ3n) is 5.64. The van der Waals surface area contributed by atoms with Crippen molar-refractivity contribution >= 4 is 0 Å². The fourth-order valence-corrected chi connectivity index (χ4v) is 4.61. The van der Waals surface area contributed by atoms with E-state index in [-0.39, 0.29) is 0 Å². The number of hydrogen-bond donors (Lipinski definition) is 1. The Labute approximate surface area is 113 Å². The maximum atomic E-state index is 5.09. The lowest BCUT2D eigenvalue weighted by Gasteiger charge is -2.43. The third kappa shape index (κ3) is 2.60. The standard InChI is InChI=1S/C16H31NO/c1-15(2)13-8-9-16(3,12-13)14(15)17-10-6-5-7-11-18-4/h13-14,17H,5-12H2,1-4H3. The summed E-state index contributed by atoms with van der Waals surface area (Å²) in [5, 5.41) is 3.88. The SMILES string of the molecule is COCCCCCNC1C2(C)CCC(C2)C1(C)C. The van der Waals surface area contributed by atoms with Crippen LogP contribution in [-0.4, -0.2) is 26.3 Å². The molecule has 3 unspecified atom stereocenters. The van der Waals surface area contributed by atoms with Gasteiger partial charge in [0, 0.05) is 19.8 Å². The van der Waals surface area contributed by atoms with Gasteiger partial charge in [0.2, 0.25) is 0 Å². The van der Waals surface area contributed by atoms with Crippen LogP contribution in [0.25, 0.3) is 0 Å². The van der Waals surface area contributed by atoms with Crippen molar-refractivity contribution in [3.8, 4) is 0 Å². The van der Waals surface area contributed by atoms with Crippen molar-refractivity contribution < 1.29 is 4.74 Å². The smallest absolute Gasteiger partial charge is 0.0462 e. The van der Waals surface area contributed by atoms with Crippen LogP contribution >= 0.6 is 0 Å². The Hall–Kier alpha value is -0.0800. The Kier molecular flexibility index (Phi) is 4.38. The van der Waals surface area contributed by atoms with Crippen LogP contribution in [0.5, 0.6) is 0 Å². The lowest BCUT2D eigenvalue weighted by Crippen LogP contribution is -2.50. The molecule has 0 amide bonds. The molecule has 2 saturated carbocycles. The van der Waals surface area contributed by atoms with Crippen molar-refractivity contribution in [2.24, 2.45) is 16.7 Å². The summed E-state index contributed by atoms with van der Waals surface area (Å²) in [6.45, 7) is 9.55. The maximum Gasteiger partial charge on any atom is 0.0462 e. The van der Waals surface area contributed by atoms with Crippen LogP contribution < -0.4 is 5.32 Å². The molecule has 2 aliphatic rings. The van der Waals surface area contributed by atoms with E-state index in [2.05, 4.69) is 26.1 Å². The van der Waals surface area contributed by atoms with Crippen LogP contribution in [0.3, 0.4) is 0 Å². The van der Waals surface area contributed by atoms with E-state index < -0.39 is 0 Å². The molecule has 2 rings (SSSR count). The van der Waals surface area contributed by atoms with Crippen molar-refractivity contribution in [2.75, 3.05) is 20.3 Å². The summed E-state index contributed by atoms with van der Waals surface area (Å²) >= 11 is 0. The molecular formula is C16H31NO. The van der Waals surface area contributed by atoms with Crippen molar-refractivity contribution in [2.45, 2.75) is 65.3 Å². The zero-order valence-corrected chi connectivity index (χ0v) is 12.7. The minimum Gasteiger partial charge on any atom is -0.385 e. The molecule has 2 bridgehead atoms. The highest BCUT2D eigenvalue weighted by atomic mass is 16.5. The van der Waals surface area contributed by atoms with Gasteiger partial charge in [-0.2, -0.15) is 0 Å². The molecule has 18 heavy (non-hydrogen) atoms. The van der Waals surface area contributed by atoms with Crippen LogP contribution in [0.15, 0.2) is 0 Å². The van der Waals surface area contributed by atoms with Gasteiger partial charge in [0.1, 0.15) is 0 Å². The second kappa shape index (κ2) is 5.50. The van der Waals surface area contributed by atoms with Crippen molar-refractivity contribution in [1.82, 2.24) is 5.32 Å². The van der Waals surface area contributed by atoms with Crippen molar-refractivity contribution in [3.05, 3.63) is 0 Å². The van der Waals surface area contributed by atoms with Crippen molar-refractivity contribution in [3.63, 3.8) is 0 Å². The Morgan fingerprint density at radius 3 is 2.56 bits per heavy atom. The first-order chi connectivity index (χ1) is 8.50. The highest BCUT2D eigenvalue weighted by Gasteiger charge is 2.58. The number of ether oxygens (including phenoxy) is 1. The lowest BCUT2D eigenvalue weighted by atomic mass is 9.68. The van der Waals surface area contributed by atoms with Crippen LogP contribution in [0.1, 0.15) is 59.3 Å². The first kappa shape index (κ1) is 14.3. The van der Waals surface area contributed by atoms with Crippen LogP contribution in [0.4, 0.5) is 0 Å². The van der Waals surface area contributed by atoms with Crippen LogP contribution in [-0.2, 0) is 4.74 Å². The van der Waals surface area contributed by atoms with E-state index in [0.717, 1.165) is 18.6 Å². The Bertz CT molecular complexity index is 272. The van der Waals surface area contributed by atoms with Crippen LogP contribution in [0, 0.1) is 16.7 Å². The molecule has 2 nitrogen and oxygen atoms in total. The first-order valence-electron chi connectivity index (χ1n) is 7.73. The summed E-state index contributed by atoms with van der Waals surface area (Å²) in [5.41, 5.74) is 1.07. The van der Waals surface area contributed by atoms with Gasteiger partial charge in [-0.1, -0.05) is 20.8 Å². The first-order valence-corrected chi connectivity index (χ1v) is 7.73. The zero-order chi connectivity index (χ0) is 13.2. The molecular weight excluding hydrogens is 222 g/mol. The number of rotatable bonds is 7. The summed E-state index contributed by atoms with van der Waals surface area (Å²) < 4.78 is 5.09. The molecule has 0 heterocycles. The Morgan fingerprint density at radius 2 is 1.94 bits per heavy atom. The van der Waals surface area contributed by atoms with Gasteiger partial charge in [-0.15, -0.1) is 0 Å². The third-order valence-corrected chi connectivity index (χ3v) is 5.64. The van der Waals surface area contributed by atoms with Gasteiger partial charge in [0.05, 0.1) is 0 Å². The minimum atomic E-state index is 0.500. The number of methoxy groups -OCH3 is 1. The summed E-state index contributed by atoms with van der Waals surface area (Å²) in [7, 11) is 1.79. The summed E-state index contributed by atoms with van der Waals surface area (Å²) in [6, 6.07) is 0.728. The molecule has 0 spiro atoms. The molecule has 0 aromatic heterocycles. The number of hydrogen-bond acceptors (Lipinski definition) is 2. The molecule has 0 aromatic rings. The average molecular weight is 253 g/mol. The molecule has 2 fully saturated rings. The molecule has 0 radical (unpaired) electrons.